The first-order valence-corrected chi connectivity index (χ1v) is 11.5. The molecule has 0 aromatic heterocycles. The van der Waals surface area contributed by atoms with Gasteiger partial charge in [-0.1, -0.05) is 6.42 Å². The van der Waals surface area contributed by atoms with Crippen LogP contribution in [0.4, 0.5) is 0 Å². The van der Waals surface area contributed by atoms with Crippen molar-refractivity contribution in [3.63, 3.8) is 0 Å². The molecule has 13 heteroatoms. The first-order valence-electron chi connectivity index (χ1n) is 10.2. The van der Waals surface area contributed by atoms with E-state index < -0.39 is 47.9 Å². The zero-order chi connectivity index (χ0) is 23.8. The van der Waals surface area contributed by atoms with E-state index in [1.54, 1.807) is 0 Å². The Hall–Kier alpha value is -1.54. The number of hydrogen-bond acceptors (Lipinski definition) is 9. The predicted molar refractivity (Wildman–Crippen MR) is 125 cm³/mol. The number of thiol groups is 2. The van der Waals surface area contributed by atoms with Crippen LogP contribution in [0.2, 0.25) is 0 Å². The number of carboxylic acid groups (broad SMARTS) is 1. The molecule has 4 unspecified atom stereocenters. The van der Waals surface area contributed by atoms with Crippen molar-refractivity contribution >= 4 is 48.9 Å². The zero-order valence-corrected chi connectivity index (χ0v) is 19.4. The molecule has 0 aliphatic carbocycles. The van der Waals surface area contributed by atoms with Gasteiger partial charge in [0.15, 0.2) is 0 Å². The lowest BCUT2D eigenvalue weighted by molar-refractivity contribution is -0.142. The van der Waals surface area contributed by atoms with E-state index in [9.17, 15) is 24.3 Å². The number of amides is 3. The van der Waals surface area contributed by atoms with E-state index in [0.29, 0.717) is 38.8 Å². The van der Waals surface area contributed by atoms with Gasteiger partial charge in [0.2, 0.25) is 17.7 Å². The summed E-state index contributed by atoms with van der Waals surface area (Å²) in [5.74, 6) is -3.13. The third kappa shape index (κ3) is 12.2. The highest BCUT2D eigenvalue weighted by Crippen LogP contribution is 2.03. The zero-order valence-electron chi connectivity index (χ0n) is 17.6. The van der Waals surface area contributed by atoms with Gasteiger partial charge in [-0.3, -0.25) is 14.4 Å². The number of carbonyl (C=O) groups excluding carboxylic acids is 3. The number of aliphatic carboxylic acids is 1. The first kappa shape index (κ1) is 29.5. The number of nitrogens with one attached hydrogen (secondary N) is 3. The van der Waals surface area contributed by atoms with Crippen LogP contribution < -0.4 is 33.2 Å². The van der Waals surface area contributed by atoms with Crippen LogP contribution in [0.3, 0.4) is 0 Å². The number of carbonyl (C=O) groups is 4. The molecule has 11 nitrogen and oxygen atoms in total. The lowest BCUT2D eigenvalue weighted by Gasteiger charge is -2.23. The number of hydrogen-bond donors (Lipinski definition) is 9. The van der Waals surface area contributed by atoms with Crippen molar-refractivity contribution in [1.82, 2.24) is 16.0 Å². The molecule has 0 spiro atoms. The second kappa shape index (κ2) is 17.1. The number of nitrogens with two attached hydrogens (primary N) is 3. The van der Waals surface area contributed by atoms with Crippen LogP contribution >= 0.6 is 25.3 Å². The molecule has 0 aromatic rings. The van der Waals surface area contributed by atoms with Crippen molar-refractivity contribution in [2.24, 2.45) is 17.2 Å². The molecule has 10 N–H and O–H groups in total. The third-order valence-electron chi connectivity index (χ3n) is 4.50. The largest absolute Gasteiger partial charge is 0.480 e. The summed E-state index contributed by atoms with van der Waals surface area (Å²) in [5, 5.41) is 16.7. The van der Waals surface area contributed by atoms with Crippen molar-refractivity contribution in [2.75, 3.05) is 24.6 Å². The van der Waals surface area contributed by atoms with Crippen LogP contribution in [-0.4, -0.2) is 77.6 Å². The van der Waals surface area contributed by atoms with E-state index in [-0.39, 0.29) is 17.9 Å². The van der Waals surface area contributed by atoms with Gasteiger partial charge >= 0.3 is 5.97 Å². The average molecular weight is 481 g/mol. The number of rotatable bonds is 17. The van der Waals surface area contributed by atoms with Gasteiger partial charge in [-0.15, -0.1) is 0 Å². The van der Waals surface area contributed by atoms with E-state index in [4.69, 9.17) is 17.2 Å². The summed E-state index contributed by atoms with van der Waals surface area (Å²) >= 11 is 8.14. The maximum absolute atomic E-state index is 12.5. The molecule has 4 atom stereocenters. The average Bonchev–Trinajstić information content (AvgIpc) is 2.74. The van der Waals surface area contributed by atoms with Gasteiger partial charge in [-0.05, 0) is 45.2 Å². The molecule has 0 aliphatic rings. The minimum absolute atomic E-state index is 0.0230. The Kier molecular flexibility index (Phi) is 16.2. The van der Waals surface area contributed by atoms with Crippen molar-refractivity contribution in [3.05, 3.63) is 0 Å². The summed E-state index contributed by atoms with van der Waals surface area (Å²) in [4.78, 5) is 48.5. The van der Waals surface area contributed by atoms with Gasteiger partial charge in [0.1, 0.15) is 18.1 Å². The van der Waals surface area contributed by atoms with Gasteiger partial charge in [0.05, 0.1) is 6.04 Å². The topological polar surface area (TPSA) is 203 Å². The second-order valence-corrected chi connectivity index (χ2v) is 7.79. The number of carboxylic acids is 1. The van der Waals surface area contributed by atoms with Crippen LogP contribution in [-0.2, 0) is 19.2 Å². The Morgan fingerprint density at radius 2 is 1.13 bits per heavy atom. The van der Waals surface area contributed by atoms with Gasteiger partial charge in [0.25, 0.3) is 0 Å². The minimum atomic E-state index is -1.18. The Morgan fingerprint density at radius 3 is 1.55 bits per heavy atom. The Morgan fingerprint density at radius 1 is 0.710 bits per heavy atom. The standard InChI is InChI=1S/C18H36N6O5S2/c19-7-3-1-5-11(21)15(25)23-13(9-30)17(27)24-14(10-31)16(26)22-12(18(28)29)6-2-4-8-20/h11-14,30-31H,1-10,19-21H2,(H,22,26)(H,23,25)(H,24,27)(H,28,29). The molecule has 180 valence electrons. The minimum Gasteiger partial charge on any atom is -0.480 e. The molecular formula is C18H36N6O5S2. The van der Waals surface area contributed by atoms with E-state index in [1.807, 2.05) is 0 Å². The molecule has 0 saturated carbocycles. The lowest BCUT2D eigenvalue weighted by atomic mass is 10.1. The van der Waals surface area contributed by atoms with Gasteiger partial charge < -0.3 is 38.3 Å². The van der Waals surface area contributed by atoms with Gasteiger partial charge in [0, 0.05) is 11.5 Å². The predicted octanol–water partition coefficient (Wildman–Crippen LogP) is -2.03. The van der Waals surface area contributed by atoms with Gasteiger partial charge in [-0.2, -0.15) is 25.3 Å². The fourth-order valence-electron chi connectivity index (χ4n) is 2.60. The number of unbranched alkanes of at least 4 members (excludes halogenated alkanes) is 2. The molecule has 3 amide bonds. The SMILES string of the molecule is NCCCCC(N)C(=O)NC(CS)C(=O)NC(CS)C(=O)NC(CCCCN)C(=O)O. The highest BCUT2D eigenvalue weighted by Gasteiger charge is 2.29. The van der Waals surface area contributed by atoms with Crippen molar-refractivity contribution in [1.29, 1.82) is 0 Å². The second-order valence-electron chi connectivity index (χ2n) is 7.06. The molecule has 0 aliphatic heterocycles. The van der Waals surface area contributed by atoms with Crippen LogP contribution in [0.1, 0.15) is 38.5 Å². The smallest absolute Gasteiger partial charge is 0.326 e. The summed E-state index contributed by atoms with van der Waals surface area (Å²) in [7, 11) is 0. The van der Waals surface area contributed by atoms with Crippen LogP contribution in [0, 0.1) is 0 Å². The quantitative estimate of drug-likeness (QED) is 0.0837. The Labute approximate surface area is 193 Å². The summed E-state index contributed by atoms with van der Waals surface area (Å²) in [6.45, 7) is 0.919. The van der Waals surface area contributed by atoms with E-state index in [0.717, 1.165) is 6.42 Å². The van der Waals surface area contributed by atoms with E-state index in [2.05, 4.69) is 41.2 Å². The molecule has 0 saturated heterocycles. The maximum Gasteiger partial charge on any atom is 0.326 e. The maximum atomic E-state index is 12.5. The molecule has 0 bridgehead atoms. The summed E-state index contributed by atoms with van der Waals surface area (Å²) in [6.07, 6.45) is 3.21. The fourth-order valence-corrected chi connectivity index (χ4v) is 3.12. The van der Waals surface area contributed by atoms with E-state index >= 15 is 0 Å². The van der Waals surface area contributed by atoms with Crippen LogP contribution in [0.5, 0.6) is 0 Å². The van der Waals surface area contributed by atoms with Crippen molar-refractivity contribution in [2.45, 2.75) is 62.7 Å². The molecule has 0 rings (SSSR count). The van der Waals surface area contributed by atoms with Crippen molar-refractivity contribution < 1.29 is 24.3 Å². The molecule has 0 radical (unpaired) electrons. The summed E-state index contributed by atoms with van der Waals surface area (Å²) < 4.78 is 0. The third-order valence-corrected chi connectivity index (χ3v) is 5.23. The van der Waals surface area contributed by atoms with Crippen LogP contribution in [0.15, 0.2) is 0 Å². The fraction of sp³-hybridized carbons (Fsp3) is 0.778. The molecule has 31 heavy (non-hydrogen) atoms. The highest BCUT2D eigenvalue weighted by molar-refractivity contribution is 7.80. The molecular weight excluding hydrogens is 444 g/mol. The highest BCUT2D eigenvalue weighted by atomic mass is 32.1. The van der Waals surface area contributed by atoms with Crippen LogP contribution in [0.25, 0.3) is 0 Å². The molecule has 0 aromatic carbocycles. The summed E-state index contributed by atoms with van der Waals surface area (Å²) in [6, 6.07) is -4.02. The molecule has 0 heterocycles. The Balaban J connectivity index is 4.86. The lowest BCUT2D eigenvalue weighted by Crippen LogP contribution is -2.58. The monoisotopic (exact) mass is 480 g/mol. The van der Waals surface area contributed by atoms with Crippen molar-refractivity contribution in [3.8, 4) is 0 Å². The first-order chi connectivity index (χ1) is 14.7. The van der Waals surface area contributed by atoms with Gasteiger partial charge in [-0.25, -0.2) is 4.79 Å². The van der Waals surface area contributed by atoms with E-state index in [1.165, 1.54) is 0 Å². The Bertz CT molecular complexity index is 584. The molecule has 0 fully saturated rings. The normalized spacial score (nSPS) is 14.7. The summed E-state index contributed by atoms with van der Waals surface area (Å²) in [5.41, 5.74) is 16.6.